The molecule has 2 rings (SSSR count). The van der Waals surface area contributed by atoms with Crippen molar-refractivity contribution in [1.82, 2.24) is 5.32 Å². The van der Waals surface area contributed by atoms with Gasteiger partial charge in [-0.3, -0.25) is 9.59 Å². The van der Waals surface area contributed by atoms with Crippen LogP contribution in [0.4, 0.5) is 13.2 Å². The second kappa shape index (κ2) is 9.39. The van der Waals surface area contributed by atoms with E-state index in [1.54, 1.807) is 24.3 Å². The SMILES string of the molecule is CCCC(Cc1ccc(C(=O)NCc2ccccc2C(F)(F)F)cc1)C(=O)O. The number of carbonyl (C=O) groups is 2. The molecule has 2 N–H and O–H groups in total. The van der Waals surface area contributed by atoms with Crippen molar-refractivity contribution in [2.24, 2.45) is 5.92 Å². The average Bonchev–Trinajstić information content (AvgIpc) is 2.65. The monoisotopic (exact) mass is 393 g/mol. The molecule has 0 saturated carbocycles. The number of hydrogen-bond donors (Lipinski definition) is 2. The van der Waals surface area contributed by atoms with E-state index in [9.17, 15) is 27.9 Å². The van der Waals surface area contributed by atoms with Crippen LogP contribution in [0.15, 0.2) is 48.5 Å². The zero-order valence-electron chi connectivity index (χ0n) is 15.4. The number of amides is 1. The van der Waals surface area contributed by atoms with Gasteiger partial charge in [-0.25, -0.2) is 0 Å². The summed E-state index contributed by atoms with van der Waals surface area (Å²) in [7, 11) is 0. The topological polar surface area (TPSA) is 66.4 Å². The fourth-order valence-corrected chi connectivity index (χ4v) is 2.97. The first-order chi connectivity index (χ1) is 13.2. The van der Waals surface area contributed by atoms with E-state index in [1.165, 1.54) is 18.2 Å². The maximum absolute atomic E-state index is 13.0. The Balaban J connectivity index is 2.02. The maximum atomic E-state index is 13.0. The van der Waals surface area contributed by atoms with Crippen LogP contribution in [0.25, 0.3) is 0 Å². The van der Waals surface area contributed by atoms with Crippen molar-refractivity contribution in [3.63, 3.8) is 0 Å². The summed E-state index contributed by atoms with van der Waals surface area (Å²) in [4.78, 5) is 23.5. The van der Waals surface area contributed by atoms with E-state index in [4.69, 9.17) is 0 Å². The minimum Gasteiger partial charge on any atom is -0.481 e. The van der Waals surface area contributed by atoms with Crippen molar-refractivity contribution < 1.29 is 27.9 Å². The third-order valence-electron chi connectivity index (χ3n) is 4.45. The lowest BCUT2D eigenvalue weighted by molar-refractivity contribution is -0.142. The van der Waals surface area contributed by atoms with E-state index >= 15 is 0 Å². The summed E-state index contributed by atoms with van der Waals surface area (Å²) in [5.74, 6) is -1.83. The highest BCUT2D eigenvalue weighted by atomic mass is 19.4. The Labute approximate surface area is 161 Å². The molecule has 0 aliphatic carbocycles. The molecule has 0 saturated heterocycles. The van der Waals surface area contributed by atoms with Crippen LogP contribution in [0.5, 0.6) is 0 Å². The molecule has 0 bridgehead atoms. The van der Waals surface area contributed by atoms with Crippen LogP contribution in [-0.4, -0.2) is 17.0 Å². The normalized spacial score (nSPS) is 12.4. The number of aliphatic carboxylic acids is 1. The highest BCUT2D eigenvalue weighted by Crippen LogP contribution is 2.31. The van der Waals surface area contributed by atoms with Gasteiger partial charge in [-0.15, -0.1) is 0 Å². The van der Waals surface area contributed by atoms with Gasteiger partial charge in [-0.2, -0.15) is 13.2 Å². The van der Waals surface area contributed by atoms with Gasteiger partial charge in [0.1, 0.15) is 0 Å². The first kappa shape index (κ1) is 21.5. The number of carbonyl (C=O) groups excluding carboxylic acids is 1. The molecule has 0 spiro atoms. The van der Waals surface area contributed by atoms with Crippen LogP contribution in [0.1, 0.15) is 46.8 Å². The van der Waals surface area contributed by atoms with Gasteiger partial charge in [0, 0.05) is 12.1 Å². The lowest BCUT2D eigenvalue weighted by atomic mass is 9.94. The number of carboxylic acid groups (broad SMARTS) is 1. The van der Waals surface area contributed by atoms with Crippen LogP contribution in [-0.2, 0) is 23.9 Å². The molecule has 0 aliphatic heterocycles. The van der Waals surface area contributed by atoms with E-state index in [1.807, 2.05) is 6.92 Å². The Kier molecular flexibility index (Phi) is 7.20. The molecule has 0 aliphatic rings. The summed E-state index contributed by atoms with van der Waals surface area (Å²) in [6.45, 7) is 1.67. The number of nitrogens with one attached hydrogen (secondary N) is 1. The van der Waals surface area contributed by atoms with Crippen LogP contribution >= 0.6 is 0 Å². The molecule has 7 heteroatoms. The molecular weight excluding hydrogens is 371 g/mol. The lowest BCUT2D eigenvalue weighted by Crippen LogP contribution is -2.24. The van der Waals surface area contributed by atoms with Crippen molar-refractivity contribution in [2.45, 2.75) is 38.9 Å². The molecule has 0 heterocycles. The highest BCUT2D eigenvalue weighted by molar-refractivity contribution is 5.94. The van der Waals surface area contributed by atoms with Gasteiger partial charge in [-0.05, 0) is 42.2 Å². The Morgan fingerprint density at radius 1 is 1.07 bits per heavy atom. The van der Waals surface area contributed by atoms with Gasteiger partial charge in [-0.1, -0.05) is 43.7 Å². The number of carboxylic acids is 1. The molecule has 150 valence electrons. The van der Waals surface area contributed by atoms with Crippen LogP contribution in [0.2, 0.25) is 0 Å². The van der Waals surface area contributed by atoms with Crippen molar-refractivity contribution in [1.29, 1.82) is 0 Å². The van der Waals surface area contributed by atoms with Gasteiger partial charge < -0.3 is 10.4 Å². The van der Waals surface area contributed by atoms with Gasteiger partial charge in [0.25, 0.3) is 5.91 Å². The van der Waals surface area contributed by atoms with E-state index < -0.39 is 29.5 Å². The number of halogens is 3. The number of alkyl halides is 3. The van der Waals surface area contributed by atoms with Crippen molar-refractivity contribution >= 4 is 11.9 Å². The Hall–Kier alpha value is -2.83. The Morgan fingerprint density at radius 2 is 1.71 bits per heavy atom. The average molecular weight is 393 g/mol. The lowest BCUT2D eigenvalue weighted by Gasteiger charge is -2.14. The maximum Gasteiger partial charge on any atom is 0.416 e. The van der Waals surface area contributed by atoms with E-state index in [2.05, 4.69) is 5.32 Å². The predicted molar refractivity (Wildman–Crippen MR) is 98.8 cm³/mol. The number of rotatable bonds is 8. The second-order valence-corrected chi connectivity index (χ2v) is 6.56. The number of hydrogen-bond acceptors (Lipinski definition) is 2. The van der Waals surface area contributed by atoms with Crippen molar-refractivity contribution in [2.75, 3.05) is 0 Å². The minimum atomic E-state index is -4.48. The van der Waals surface area contributed by atoms with Gasteiger partial charge in [0.05, 0.1) is 11.5 Å². The summed E-state index contributed by atoms with van der Waals surface area (Å²) in [5.41, 5.74) is 0.306. The smallest absolute Gasteiger partial charge is 0.416 e. The Bertz CT molecular complexity index is 816. The van der Waals surface area contributed by atoms with Crippen molar-refractivity contribution in [3.05, 3.63) is 70.8 Å². The first-order valence-corrected chi connectivity index (χ1v) is 8.97. The molecule has 2 aromatic rings. The molecular formula is C21H22F3NO3. The molecule has 4 nitrogen and oxygen atoms in total. The largest absolute Gasteiger partial charge is 0.481 e. The molecule has 1 amide bonds. The molecule has 0 fully saturated rings. The van der Waals surface area contributed by atoms with E-state index in [0.717, 1.165) is 18.1 Å². The van der Waals surface area contributed by atoms with E-state index in [0.29, 0.717) is 18.4 Å². The summed E-state index contributed by atoms with van der Waals surface area (Å²) in [6.07, 6.45) is -2.79. The summed E-state index contributed by atoms with van der Waals surface area (Å²) in [5, 5.41) is 11.7. The fraction of sp³-hybridized carbons (Fsp3) is 0.333. The zero-order chi connectivity index (χ0) is 20.7. The molecule has 2 aromatic carbocycles. The van der Waals surface area contributed by atoms with Crippen LogP contribution in [0, 0.1) is 5.92 Å². The molecule has 0 aromatic heterocycles. The third-order valence-corrected chi connectivity index (χ3v) is 4.45. The standard InChI is InChI=1S/C21H22F3NO3/c1-2-5-16(20(27)28)12-14-8-10-15(11-9-14)19(26)25-13-17-6-3-4-7-18(17)21(22,23)24/h3-4,6-11,16H,2,5,12-13H2,1H3,(H,25,26)(H,27,28). The predicted octanol–water partition coefficient (Wildman–Crippen LogP) is 4.68. The second-order valence-electron chi connectivity index (χ2n) is 6.56. The highest BCUT2D eigenvalue weighted by Gasteiger charge is 2.32. The molecule has 1 unspecified atom stereocenters. The summed E-state index contributed by atoms with van der Waals surface area (Å²) < 4.78 is 39.0. The Morgan fingerprint density at radius 3 is 2.29 bits per heavy atom. The fourth-order valence-electron chi connectivity index (χ4n) is 2.97. The summed E-state index contributed by atoms with van der Waals surface area (Å²) in [6, 6.07) is 11.5. The quantitative estimate of drug-likeness (QED) is 0.684. The van der Waals surface area contributed by atoms with Gasteiger partial charge in [0.2, 0.25) is 0 Å². The van der Waals surface area contributed by atoms with E-state index in [-0.39, 0.29) is 12.1 Å². The van der Waals surface area contributed by atoms with Gasteiger partial charge >= 0.3 is 12.1 Å². The molecule has 0 radical (unpaired) electrons. The third kappa shape index (κ3) is 5.84. The number of benzene rings is 2. The zero-order valence-corrected chi connectivity index (χ0v) is 15.4. The van der Waals surface area contributed by atoms with Crippen molar-refractivity contribution in [3.8, 4) is 0 Å². The molecule has 28 heavy (non-hydrogen) atoms. The van der Waals surface area contributed by atoms with Gasteiger partial charge in [0.15, 0.2) is 0 Å². The van der Waals surface area contributed by atoms with Crippen LogP contribution in [0.3, 0.4) is 0 Å². The molecule has 1 atom stereocenters. The first-order valence-electron chi connectivity index (χ1n) is 8.97. The van der Waals surface area contributed by atoms with Crippen LogP contribution < -0.4 is 5.32 Å². The minimum absolute atomic E-state index is 0.0103. The summed E-state index contributed by atoms with van der Waals surface area (Å²) >= 11 is 0.